The molecule has 4 heteroatoms. The molecule has 0 radical (unpaired) electrons. The van der Waals surface area contributed by atoms with E-state index in [1.807, 2.05) is 18.7 Å². The normalized spacial score (nSPS) is 24.5. The lowest BCUT2D eigenvalue weighted by molar-refractivity contribution is -0.144. The number of hydrogen-bond acceptors (Lipinski definition) is 2. The summed E-state index contributed by atoms with van der Waals surface area (Å²) < 4.78 is 0. The molecule has 4 nitrogen and oxygen atoms in total. The van der Waals surface area contributed by atoms with Crippen LogP contribution in [0.4, 0.5) is 0 Å². The summed E-state index contributed by atoms with van der Waals surface area (Å²) in [5.41, 5.74) is 0. The van der Waals surface area contributed by atoms with Gasteiger partial charge in [0.1, 0.15) is 0 Å². The molecule has 2 rings (SSSR count). The molecule has 0 aromatic heterocycles. The van der Waals surface area contributed by atoms with E-state index in [9.17, 15) is 9.59 Å². The molecular formula is C17H30N2O2. The zero-order valence-corrected chi connectivity index (χ0v) is 13.8. The van der Waals surface area contributed by atoms with Gasteiger partial charge >= 0.3 is 0 Å². The summed E-state index contributed by atoms with van der Waals surface area (Å²) in [6, 6.07) is 0.446. The van der Waals surface area contributed by atoms with Gasteiger partial charge in [-0.2, -0.15) is 0 Å². The highest BCUT2D eigenvalue weighted by Gasteiger charge is 2.33. The zero-order valence-electron chi connectivity index (χ0n) is 13.8. The van der Waals surface area contributed by atoms with E-state index < -0.39 is 0 Å². The molecule has 0 aromatic rings. The van der Waals surface area contributed by atoms with E-state index in [-0.39, 0.29) is 17.7 Å². The average Bonchev–Trinajstić information content (AvgIpc) is 2.53. The average molecular weight is 294 g/mol. The van der Waals surface area contributed by atoms with Crippen LogP contribution in [0.15, 0.2) is 0 Å². The van der Waals surface area contributed by atoms with E-state index in [2.05, 4.69) is 11.8 Å². The molecular weight excluding hydrogens is 264 g/mol. The Morgan fingerprint density at radius 3 is 2.29 bits per heavy atom. The molecule has 1 atom stereocenters. The number of carbonyl (C=O) groups excluding carboxylic acids is 2. The van der Waals surface area contributed by atoms with Crippen molar-refractivity contribution in [2.75, 3.05) is 19.6 Å². The Hall–Kier alpha value is -1.06. The third kappa shape index (κ3) is 3.78. The van der Waals surface area contributed by atoms with Gasteiger partial charge in [0, 0.05) is 37.5 Å². The molecule has 2 fully saturated rings. The van der Waals surface area contributed by atoms with Gasteiger partial charge in [-0.05, 0) is 38.5 Å². The number of rotatable bonds is 3. The lowest BCUT2D eigenvalue weighted by atomic mass is 9.91. The van der Waals surface area contributed by atoms with Gasteiger partial charge in [0.05, 0.1) is 0 Å². The highest BCUT2D eigenvalue weighted by Crippen LogP contribution is 2.26. The van der Waals surface area contributed by atoms with Gasteiger partial charge in [-0.25, -0.2) is 0 Å². The quantitative estimate of drug-likeness (QED) is 0.803. The highest BCUT2D eigenvalue weighted by atomic mass is 16.2. The third-order valence-electron chi connectivity index (χ3n) is 5.03. The van der Waals surface area contributed by atoms with Crippen LogP contribution in [0.1, 0.15) is 59.3 Å². The number of piperidine rings is 2. The SMILES string of the molecule is CCC1CCCCN1C(=O)C1CCN(C(=O)C(C)C)CC1. The summed E-state index contributed by atoms with van der Waals surface area (Å²) in [5, 5.41) is 0. The fourth-order valence-electron chi connectivity index (χ4n) is 3.66. The van der Waals surface area contributed by atoms with Crippen molar-refractivity contribution in [1.82, 2.24) is 9.80 Å². The van der Waals surface area contributed by atoms with Crippen molar-refractivity contribution in [3.63, 3.8) is 0 Å². The minimum atomic E-state index is 0.0591. The van der Waals surface area contributed by atoms with E-state index in [1.165, 1.54) is 6.42 Å². The Bertz CT molecular complexity index is 373. The van der Waals surface area contributed by atoms with Gasteiger partial charge in [-0.3, -0.25) is 9.59 Å². The molecule has 21 heavy (non-hydrogen) atoms. The molecule has 0 aliphatic carbocycles. The minimum absolute atomic E-state index is 0.0591. The van der Waals surface area contributed by atoms with Crippen molar-refractivity contribution in [2.45, 2.75) is 65.3 Å². The predicted molar refractivity (Wildman–Crippen MR) is 83.8 cm³/mol. The lowest BCUT2D eigenvalue weighted by Crippen LogP contribution is -2.49. The van der Waals surface area contributed by atoms with Crippen LogP contribution in [0.3, 0.4) is 0 Å². The Morgan fingerprint density at radius 2 is 1.71 bits per heavy atom. The van der Waals surface area contributed by atoms with E-state index >= 15 is 0 Å². The van der Waals surface area contributed by atoms with Gasteiger partial charge in [0.2, 0.25) is 11.8 Å². The molecule has 0 saturated carbocycles. The van der Waals surface area contributed by atoms with E-state index in [0.717, 1.165) is 51.7 Å². The molecule has 0 aromatic carbocycles. The van der Waals surface area contributed by atoms with Crippen molar-refractivity contribution in [1.29, 1.82) is 0 Å². The van der Waals surface area contributed by atoms with Crippen LogP contribution in [-0.4, -0.2) is 47.3 Å². The van der Waals surface area contributed by atoms with Crippen LogP contribution in [0.2, 0.25) is 0 Å². The molecule has 2 heterocycles. The van der Waals surface area contributed by atoms with Gasteiger partial charge in [0.25, 0.3) is 0 Å². The molecule has 2 aliphatic heterocycles. The minimum Gasteiger partial charge on any atom is -0.342 e. The summed E-state index contributed by atoms with van der Waals surface area (Å²) in [6.45, 7) is 8.50. The van der Waals surface area contributed by atoms with Crippen molar-refractivity contribution >= 4 is 11.8 Å². The monoisotopic (exact) mass is 294 g/mol. The molecule has 0 spiro atoms. The van der Waals surface area contributed by atoms with Crippen LogP contribution < -0.4 is 0 Å². The van der Waals surface area contributed by atoms with Gasteiger partial charge in [0.15, 0.2) is 0 Å². The molecule has 2 aliphatic rings. The van der Waals surface area contributed by atoms with Crippen LogP contribution in [0, 0.1) is 11.8 Å². The Morgan fingerprint density at radius 1 is 1.05 bits per heavy atom. The Balaban J connectivity index is 1.89. The van der Waals surface area contributed by atoms with E-state index in [4.69, 9.17) is 0 Å². The number of amides is 2. The van der Waals surface area contributed by atoms with Crippen molar-refractivity contribution < 1.29 is 9.59 Å². The second-order valence-electron chi connectivity index (χ2n) is 6.84. The van der Waals surface area contributed by atoms with Gasteiger partial charge in [-0.1, -0.05) is 20.8 Å². The van der Waals surface area contributed by atoms with E-state index in [0.29, 0.717) is 11.9 Å². The van der Waals surface area contributed by atoms with Crippen LogP contribution in [0.25, 0.3) is 0 Å². The topological polar surface area (TPSA) is 40.6 Å². The standard InChI is InChI=1S/C17H30N2O2/c1-4-15-7-5-6-10-19(15)17(21)14-8-11-18(12-9-14)16(20)13(2)3/h13-15H,4-12H2,1-3H3. The number of hydrogen-bond donors (Lipinski definition) is 0. The second kappa shape index (κ2) is 7.28. The maximum atomic E-state index is 12.8. The summed E-state index contributed by atoms with van der Waals surface area (Å²) >= 11 is 0. The first-order chi connectivity index (χ1) is 10.0. The third-order valence-corrected chi connectivity index (χ3v) is 5.03. The Labute approximate surface area is 128 Å². The zero-order chi connectivity index (χ0) is 15.4. The molecule has 120 valence electrons. The van der Waals surface area contributed by atoms with Crippen LogP contribution >= 0.6 is 0 Å². The molecule has 2 saturated heterocycles. The number of nitrogens with zero attached hydrogens (tertiary/aromatic N) is 2. The fraction of sp³-hybridized carbons (Fsp3) is 0.882. The molecule has 0 N–H and O–H groups in total. The van der Waals surface area contributed by atoms with Crippen molar-refractivity contribution in [2.24, 2.45) is 11.8 Å². The second-order valence-corrected chi connectivity index (χ2v) is 6.84. The summed E-state index contributed by atoms with van der Waals surface area (Å²) in [4.78, 5) is 28.8. The van der Waals surface area contributed by atoms with Crippen molar-refractivity contribution in [3.8, 4) is 0 Å². The van der Waals surface area contributed by atoms with Gasteiger partial charge < -0.3 is 9.80 Å². The highest BCUT2D eigenvalue weighted by molar-refractivity contribution is 5.81. The number of carbonyl (C=O) groups is 2. The predicted octanol–water partition coefficient (Wildman–Crippen LogP) is 2.67. The molecule has 2 amide bonds. The lowest BCUT2D eigenvalue weighted by Gasteiger charge is -2.40. The van der Waals surface area contributed by atoms with E-state index in [1.54, 1.807) is 0 Å². The maximum Gasteiger partial charge on any atom is 0.226 e. The largest absolute Gasteiger partial charge is 0.342 e. The number of likely N-dealkylation sites (tertiary alicyclic amines) is 2. The Kier molecular flexibility index (Phi) is 5.65. The first kappa shape index (κ1) is 16.3. The smallest absolute Gasteiger partial charge is 0.226 e. The fourth-order valence-corrected chi connectivity index (χ4v) is 3.66. The molecule has 1 unspecified atom stereocenters. The van der Waals surface area contributed by atoms with Crippen LogP contribution in [-0.2, 0) is 9.59 Å². The van der Waals surface area contributed by atoms with Crippen LogP contribution in [0.5, 0.6) is 0 Å². The summed E-state index contributed by atoms with van der Waals surface area (Å²) in [5.74, 6) is 0.765. The molecule has 0 bridgehead atoms. The van der Waals surface area contributed by atoms with Gasteiger partial charge in [-0.15, -0.1) is 0 Å². The first-order valence-corrected chi connectivity index (χ1v) is 8.63. The first-order valence-electron chi connectivity index (χ1n) is 8.63. The summed E-state index contributed by atoms with van der Waals surface area (Å²) in [7, 11) is 0. The summed E-state index contributed by atoms with van der Waals surface area (Å²) in [6.07, 6.45) is 6.30. The van der Waals surface area contributed by atoms with Crippen molar-refractivity contribution in [3.05, 3.63) is 0 Å². The maximum absolute atomic E-state index is 12.8.